The van der Waals surface area contributed by atoms with Gasteiger partial charge < -0.3 is 4.74 Å². The molecule has 3 N–H and O–H groups in total. The largest absolute Gasteiger partial charge is 0.497 e. The highest BCUT2D eigenvalue weighted by Gasteiger charge is 2.24. The van der Waals surface area contributed by atoms with Gasteiger partial charge in [-0.3, -0.25) is 20.4 Å². The summed E-state index contributed by atoms with van der Waals surface area (Å²) in [6.07, 6.45) is 4.75. The van der Waals surface area contributed by atoms with Crippen molar-refractivity contribution >= 4 is 21.8 Å². The standard InChI is InChI=1S/C17H25N3O5S/c1-12(16(21)18-19-17(22)13-6-4-3-5-7-13)20-26(23,24)15-10-8-14(25-2)9-11-15/h8-13,20H,3-7H2,1-2H3,(H,18,21)(H,19,22)/t12-/m0/s1. The summed E-state index contributed by atoms with van der Waals surface area (Å²) in [5, 5.41) is 0. The first-order valence-corrected chi connectivity index (χ1v) is 10.1. The summed E-state index contributed by atoms with van der Waals surface area (Å²) in [6.45, 7) is 1.41. The molecule has 1 aromatic carbocycles. The lowest BCUT2D eigenvalue weighted by Gasteiger charge is -2.21. The van der Waals surface area contributed by atoms with Crippen molar-refractivity contribution in [2.75, 3.05) is 7.11 Å². The van der Waals surface area contributed by atoms with Gasteiger partial charge in [0.2, 0.25) is 15.9 Å². The Labute approximate surface area is 153 Å². The third-order valence-corrected chi connectivity index (χ3v) is 5.94. The molecule has 26 heavy (non-hydrogen) atoms. The molecule has 0 bridgehead atoms. The van der Waals surface area contributed by atoms with Crippen LogP contribution in [0.15, 0.2) is 29.2 Å². The number of nitrogens with one attached hydrogen (secondary N) is 3. The lowest BCUT2D eigenvalue weighted by molar-refractivity contribution is -0.132. The zero-order chi connectivity index (χ0) is 19.2. The number of methoxy groups -OCH3 is 1. The number of sulfonamides is 1. The number of rotatable bonds is 6. The number of carbonyl (C=O) groups is 2. The average Bonchev–Trinajstić information content (AvgIpc) is 2.66. The van der Waals surface area contributed by atoms with Crippen molar-refractivity contribution in [3.8, 4) is 5.75 Å². The van der Waals surface area contributed by atoms with Crippen LogP contribution in [0.4, 0.5) is 0 Å². The lowest BCUT2D eigenvalue weighted by atomic mass is 9.89. The highest BCUT2D eigenvalue weighted by molar-refractivity contribution is 7.89. The van der Waals surface area contributed by atoms with Crippen LogP contribution < -0.4 is 20.3 Å². The van der Waals surface area contributed by atoms with E-state index in [1.807, 2.05) is 0 Å². The maximum atomic E-state index is 12.3. The first-order chi connectivity index (χ1) is 12.3. The Morgan fingerprint density at radius 2 is 1.69 bits per heavy atom. The van der Waals surface area contributed by atoms with Gasteiger partial charge in [0.15, 0.2) is 0 Å². The van der Waals surface area contributed by atoms with Crippen LogP contribution in [-0.4, -0.2) is 33.4 Å². The second-order valence-corrected chi connectivity index (χ2v) is 8.05. The van der Waals surface area contributed by atoms with Gasteiger partial charge in [0, 0.05) is 5.92 Å². The van der Waals surface area contributed by atoms with Crippen molar-refractivity contribution in [3.05, 3.63) is 24.3 Å². The summed E-state index contributed by atoms with van der Waals surface area (Å²) in [5.41, 5.74) is 4.67. The molecule has 1 aromatic rings. The Morgan fingerprint density at radius 1 is 1.08 bits per heavy atom. The summed E-state index contributed by atoms with van der Waals surface area (Å²) >= 11 is 0. The monoisotopic (exact) mass is 383 g/mol. The highest BCUT2D eigenvalue weighted by Crippen LogP contribution is 2.23. The molecule has 0 heterocycles. The molecule has 0 aliphatic heterocycles. The van der Waals surface area contributed by atoms with E-state index in [0.29, 0.717) is 5.75 Å². The fraction of sp³-hybridized carbons (Fsp3) is 0.529. The van der Waals surface area contributed by atoms with E-state index in [-0.39, 0.29) is 16.7 Å². The third kappa shape index (κ3) is 5.43. The first-order valence-electron chi connectivity index (χ1n) is 8.59. The molecule has 144 valence electrons. The Balaban J connectivity index is 1.87. The molecule has 2 rings (SSSR count). The van der Waals surface area contributed by atoms with E-state index in [2.05, 4.69) is 15.6 Å². The van der Waals surface area contributed by atoms with Crippen LogP contribution in [0.25, 0.3) is 0 Å². The predicted octanol–water partition coefficient (Wildman–Crippen LogP) is 1.09. The van der Waals surface area contributed by atoms with Gasteiger partial charge in [-0.1, -0.05) is 19.3 Å². The van der Waals surface area contributed by atoms with Gasteiger partial charge in [-0.05, 0) is 44.0 Å². The molecule has 0 spiro atoms. The summed E-state index contributed by atoms with van der Waals surface area (Å²) in [5.74, 6) is -0.440. The van der Waals surface area contributed by atoms with Crippen LogP contribution in [0.2, 0.25) is 0 Å². The fourth-order valence-corrected chi connectivity index (χ4v) is 4.01. The van der Waals surface area contributed by atoms with E-state index in [0.717, 1.165) is 32.1 Å². The summed E-state index contributed by atoms with van der Waals surface area (Å²) in [6, 6.07) is 4.76. The Hall–Kier alpha value is -2.13. The van der Waals surface area contributed by atoms with E-state index >= 15 is 0 Å². The van der Waals surface area contributed by atoms with Crippen molar-refractivity contribution in [2.45, 2.75) is 50.0 Å². The maximum Gasteiger partial charge on any atom is 0.256 e. The molecule has 2 amide bonds. The van der Waals surface area contributed by atoms with Crippen LogP contribution in [0.3, 0.4) is 0 Å². The van der Waals surface area contributed by atoms with Gasteiger partial charge >= 0.3 is 0 Å². The maximum absolute atomic E-state index is 12.3. The molecule has 0 radical (unpaired) electrons. The molecule has 1 aliphatic carbocycles. The van der Waals surface area contributed by atoms with Crippen molar-refractivity contribution in [1.82, 2.24) is 15.6 Å². The molecular formula is C17H25N3O5S. The minimum Gasteiger partial charge on any atom is -0.497 e. The Bertz CT molecular complexity index is 727. The van der Waals surface area contributed by atoms with Gasteiger partial charge in [-0.2, -0.15) is 4.72 Å². The first kappa shape index (κ1) is 20.2. The van der Waals surface area contributed by atoms with E-state index < -0.39 is 22.0 Å². The van der Waals surface area contributed by atoms with E-state index in [9.17, 15) is 18.0 Å². The van der Waals surface area contributed by atoms with E-state index in [1.165, 1.54) is 38.3 Å². The number of hydrazine groups is 1. The van der Waals surface area contributed by atoms with Gasteiger partial charge in [-0.25, -0.2) is 8.42 Å². The summed E-state index contributed by atoms with van der Waals surface area (Å²) < 4.78 is 31.9. The van der Waals surface area contributed by atoms with Crippen molar-refractivity contribution in [1.29, 1.82) is 0 Å². The second kappa shape index (κ2) is 9.00. The SMILES string of the molecule is COc1ccc(S(=O)(=O)N[C@@H](C)C(=O)NNC(=O)C2CCCCC2)cc1. The quantitative estimate of drug-likeness (QED) is 0.637. The van der Waals surface area contributed by atoms with Crippen molar-refractivity contribution in [3.63, 3.8) is 0 Å². The number of amides is 2. The minimum atomic E-state index is -3.87. The van der Waals surface area contributed by atoms with Crippen molar-refractivity contribution < 1.29 is 22.7 Å². The summed E-state index contributed by atoms with van der Waals surface area (Å²) in [4.78, 5) is 24.1. The van der Waals surface area contributed by atoms with Crippen LogP contribution in [-0.2, 0) is 19.6 Å². The van der Waals surface area contributed by atoms with Gasteiger partial charge in [-0.15, -0.1) is 0 Å². The molecule has 1 fully saturated rings. The second-order valence-electron chi connectivity index (χ2n) is 6.33. The molecular weight excluding hydrogens is 358 g/mol. The zero-order valence-electron chi connectivity index (χ0n) is 14.9. The van der Waals surface area contributed by atoms with Crippen LogP contribution in [0.1, 0.15) is 39.0 Å². The molecule has 8 nitrogen and oxygen atoms in total. The highest BCUT2D eigenvalue weighted by atomic mass is 32.2. The number of ether oxygens (including phenoxy) is 1. The van der Waals surface area contributed by atoms with Crippen LogP contribution in [0.5, 0.6) is 5.75 Å². The number of hydrogen-bond donors (Lipinski definition) is 3. The van der Waals surface area contributed by atoms with Gasteiger partial charge in [0.05, 0.1) is 18.0 Å². The molecule has 0 unspecified atom stereocenters. The lowest BCUT2D eigenvalue weighted by Crippen LogP contribution is -2.52. The average molecular weight is 383 g/mol. The van der Waals surface area contributed by atoms with Crippen molar-refractivity contribution in [2.24, 2.45) is 5.92 Å². The summed E-state index contributed by atoms with van der Waals surface area (Å²) in [7, 11) is -2.39. The van der Waals surface area contributed by atoms with E-state index in [4.69, 9.17) is 4.74 Å². The topological polar surface area (TPSA) is 114 Å². The van der Waals surface area contributed by atoms with Crippen LogP contribution >= 0.6 is 0 Å². The van der Waals surface area contributed by atoms with E-state index in [1.54, 1.807) is 0 Å². The number of carbonyl (C=O) groups excluding carboxylic acids is 2. The Morgan fingerprint density at radius 3 is 2.27 bits per heavy atom. The van der Waals surface area contributed by atoms with Crippen LogP contribution in [0, 0.1) is 5.92 Å². The molecule has 1 atom stereocenters. The molecule has 1 aliphatic rings. The Kier molecular flexibility index (Phi) is 6.98. The smallest absolute Gasteiger partial charge is 0.256 e. The molecule has 0 aromatic heterocycles. The molecule has 0 saturated heterocycles. The number of hydrogen-bond acceptors (Lipinski definition) is 5. The third-order valence-electron chi connectivity index (χ3n) is 4.38. The minimum absolute atomic E-state index is 0.0178. The van der Waals surface area contributed by atoms with Gasteiger partial charge in [0.1, 0.15) is 5.75 Å². The number of benzene rings is 1. The molecule has 9 heteroatoms. The molecule has 1 saturated carbocycles. The zero-order valence-corrected chi connectivity index (χ0v) is 15.8. The predicted molar refractivity (Wildman–Crippen MR) is 95.6 cm³/mol. The van der Waals surface area contributed by atoms with Gasteiger partial charge in [0.25, 0.3) is 5.91 Å². The normalized spacial score (nSPS) is 16.5. The fourth-order valence-electron chi connectivity index (χ4n) is 2.81.